The third-order valence-electron chi connectivity index (χ3n) is 5.84. The van der Waals surface area contributed by atoms with Gasteiger partial charge in [0.25, 0.3) is 5.91 Å². The van der Waals surface area contributed by atoms with Crippen LogP contribution < -0.4 is 10.6 Å². The molecule has 2 atom stereocenters. The molecule has 3 aromatic rings. The molecule has 35 heavy (non-hydrogen) atoms. The number of pyridine rings is 1. The number of alkyl halides is 6. The average molecular weight is 497 g/mol. The maximum atomic E-state index is 13.8. The summed E-state index contributed by atoms with van der Waals surface area (Å²) in [5.41, 5.74) is 0.806. The third kappa shape index (κ3) is 5.25. The lowest BCUT2D eigenvalue weighted by Gasteiger charge is -2.34. The highest BCUT2D eigenvalue weighted by atomic mass is 19.4. The highest BCUT2D eigenvalue weighted by Crippen LogP contribution is 2.44. The zero-order valence-electron chi connectivity index (χ0n) is 18.4. The van der Waals surface area contributed by atoms with Crippen LogP contribution in [0.15, 0.2) is 48.8 Å². The van der Waals surface area contributed by atoms with Gasteiger partial charge < -0.3 is 10.6 Å². The van der Waals surface area contributed by atoms with Crippen molar-refractivity contribution >= 4 is 11.7 Å². The van der Waals surface area contributed by atoms with E-state index in [-0.39, 0.29) is 24.3 Å². The number of rotatable bonds is 5. The Morgan fingerprint density at radius 2 is 1.74 bits per heavy atom. The Morgan fingerprint density at radius 3 is 2.31 bits per heavy atom. The molecule has 0 spiro atoms. The van der Waals surface area contributed by atoms with E-state index < -0.39 is 36.0 Å². The fourth-order valence-electron chi connectivity index (χ4n) is 3.91. The van der Waals surface area contributed by atoms with E-state index in [0.29, 0.717) is 11.1 Å². The van der Waals surface area contributed by atoms with Gasteiger partial charge >= 0.3 is 12.4 Å². The minimum Gasteiger partial charge on any atom is -0.363 e. The lowest BCUT2D eigenvalue weighted by molar-refractivity contribution is -0.173. The van der Waals surface area contributed by atoms with E-state index in [4.69, 9.17) is 0 Å². The summed E-state index contributed by atoms with van der Waals surface area (Å²) in [6.45, 7) is 1.80. The van der Waals surface area contributed by atoms with Gasteiger partial charge in [0.05, 0.1) is 12.2 Å². The molecular formula is C23H21F6N5O. The highest BCUT2D eigenvalue weighted by Gasteiger charge is 2.47. The predicted octanol–water partition coefficient (Wildman–Crippen LogP) is 5.45. The number of hydrogen-bond donors (Lipinski definition) is 2. The molecule has 4 rings (SSSR count). The molecule has 0 saturated carbocycles. The molecule has 0 radical (unpaired) electrons. The molecule has 0 bridgehead atoms. The smallest absolute Gasteiger partial charge is 0.363 e. The van der Waals surface area contributed by atoms with Crippen molar-refractivity contribution in [3.8, 4) is 0 Å². The van der Waals surface area contributed by atoms with Crippen LogP contribution in [0.4, 0.5) is 32.2 Å². The number of aryl methyl sites for hydroxylation is 1. The van der Waals surface area contributed by atoms with Gasteiger partial charge in [0.1, 0.15) is 17.1 Å². The molecule has 0 aliphatic carbocycles. The van der Waals surface area contributed by atoms with Crippen LogP contribution in [0.3, 0.4) is 0 Å². The number of benzene rings is 1. The first-order chi connectivity index (χ1) is 16.5. The summed E-state index contributed by atoms with van der Waals surface area (Å²) >= 11 is 0. The average Bonchev–Trinajstić information content (AvgIpc) is 3.25. The van der Waals surface area contributed by atoms with Crippen molar-refractivity contribution in [2.75, 3.05) is 5.32 Å². The first-order valence-electron chi connectivity index (χ1n) is 10.8. The third-order valence-corrected chi connectivity index (χ3v) is 5.84. The number of carbonyl (C=O) groups excluding carboxylic acids is 1. The van der Waals surface area contributed by atoms with Crippen molar-refractivity contribution < 1.29 is 31.1 Å². The molecule has 6 nitrogen and oxygen atoms in total. The van der Waals surface area contributed by atoms with Crippen molar-refractivity contribution in [1.29, 1.82) is 0 Å². The molecule has 3 heterocycles. The summed E-state index contributed by atoms with van der Waals surface area (Å²) in [6, 6.07) is 6.51. The van der Waals surface area contributed by atoms with Crippen LogP contribution >= 0.6 is 0 Å². The van der Waals surface area contributed by atoms with E-state index in [9.17, 15) is 31.1 Å². The molecule has 2 aromatic heterocycles. The molecule has 1 aromatic carbocycles. The van der Waals surface area contributed by atoms with Gasteiger partial charge in [-0.3, -0.25) is 9.78 Å². The van der Waals surface area contributed by atoms with Crippen molar-refractivity contribution in [3.05, 3.63) is 76.7 Å². The molecule has 1 amide bonds. The van der Waals surface area contributed by atoms with E-state index in [1.54, 1.807) is 12.1 Å². The molecule has 0 saturated heterocycles. The second kappa shape index (κ2) is 9.23. The van der Waals surface area contributed by atoms with Gasteiger partial charge in [-0.1, -0.05) is 37.3 Å². The van der Waals surface area contributed by atoms with Gasteiger partial charge in [0.15, 0.2) is 6.04 Å². The topological polar surface area (TPSA) is 71.8 Å². The summed E-state index contributed by atoms with van der Waals surface area (Å²) in [5.74, 6) is -0.798. The van der Waals surface area contributed by atoms with Crippen molar-refractivity contribution in [2.24, 2.45) is 0 Å². The predicted molar refractivity (Wildman–Crippen MR) is 115 cm³/mol. The number of hydrogen-bond acceptors (Lipinski definition) is 4. The maximum absolute atomic E-state index is 13.8. The SMILES string of the molecule is CCc1ccc([C@@H]2C[C@H](C(F)(F)F)n3ncc(C(=O)NCc4ccc(C(F)(F)F)nc4)c3N2)cc1. The Kier molecular flexibility index (Phi) is 6.48. The van der Waals surface area contributed by atoms with Crippen LogP contribution in [0.2, 0.25) is 0 Å². The van der Waals surface area contributed by atoms with Crippen LogP contribution in [0.5, 0.6) is 0 Å². The summed E-state index contributed by atoms with van der Waals surface area (Å²) < 4.78 is 80.3. The normalized spacial score (nSPS) is 18.0. The Labute approximate surface area is 196 Å². The number of carbonyl (C=O) groups is 1. The highest BCUT2D eigenvalue weighted by molar-refractivity contribution is 5.98. The molecule has 186 valence electrons. The molecule has 0 fully saturated rings. The Balaban J connectivity index is 1.55. The first-order valence-corrected chi connectivity index (χ1v) is 10.8. The van der Waals surface area contributed by atoms with E-state index in [2.05, 4.69) is 20.7 Å². The fraction of sp³-hybridized carbons (Fsp3) is 0.348. The molecule has 1 aliphatic heterocycles. The van der Waals surface area contributed by atoms with Crippen molar-refractivity contribution in [1.82, 2.24) is 20.1 Å². The number of halogens is 6. The van der Waals surface area contributed by atoms with E-state index in [1.165, 1.54) is 0 Å². The van der Waals surface area contributed by atoms with Gasteiger partial charge in [0, 0.05) is 19.2 Å². The van der Waals surface area contributed by atoms with Crippen LogP contribution in [0.1, 0.15) is 58.2 Å². The molecular weight excluding hydrogens is 476 g/mol. The first kappa shape index (κ1) is 24.6. The maximum Gasteiger partial charge on any atom is 0.433 e. The van der Waals surface area contributed by atoms with E-state index in [1.807, 2.05) is 19.1 Å². The van der Waals surface area contributed by atoms with E-state index in [0.717, 1.165) is 41.2 Å². The number of nitrogens with zero attached hydrogens (tertiary/aromatic N) is 3. The second-order valence-electron chi connectivity index (χ2n) is 8.17. The Hall–Kier alpha value is -3.57. The summed E-state index contributed by atoms with van der Waals surface area (Å²) in [5, 5.41) is 9.32. The van der Waals surface area contributed by atoms with E-state index >= 15 is 0 Å². The monoisotopic (exact) mass is 497 g/mol. The minimum atomic E-state index is -4.59. The zero-order chi connectivity index (χ0) is 25.4. The number of fused-ring (bicyclic) bond motifs is 1. The van der Waals surface area contributed by atoms with Gasteiger partial charge in [-0.15, -0.1) is 0 Å². The Morgan fingerprint density at radius 1 is 1.06 bits per heavy atom. The van der Waals surface area contributed by atoms with Gasteiger partial charge in [0.2, 0.25) is 0 Å². The van der Waals surface area contributed by atoms with Crippen LogP contribution in [-0.4, -0.2) is 26.8 Å². The zero-order valence-corrected chi connectivity index (χ0v) is 18.4. The number of aromatic nitrogens is 3. The second-order valence-corrected chi connectivity index (χ2v) is 8.17. The standard InChI is InChI=1S/C23H21F6N5O/c1-2-13-3-6-15(7-4-13)17-9-19(23(27,28)29)34-20(33-17)16(12-32-34)21(35)31-11-14-5-8-18(30-10-14)22(24,25)26/h3-8,10,12,17,19,33H,2,9,11H2,1H3,(H,31,35)/t17-,19+/m0/s1. The molecule has 12 heteroatoms. The molecule has 0 unspecified atom stereocenters. The number of amides is 1. The number of anilines is 1. The van der Waals surface area contributed by atoms with Gasteiger partial charge in [-0.25, -0.2) is 4.68 Å². The Bertz CT molecular complexity index is 1190. The van der Waals surface area contributed by atoms with Crippen molar-refractivity contribution in [3.63, 3.8) is 0 Å². The van der Waals surface area contributed by atoms with Crippen molar-refractivity contribution in [2.45, 2.75) is 50.7 Å². The van der Waals surface area contributed by atoms with Crippen LogP contribution in [0, 0.1) is 0 Å². The minimum absolute atomic E-state index is 0.0776. The van der Waals surface area contributed by atoms with Gasteiger partial charge in [-0.05, 0) is 29.2 Å². The van der Waals surface area contributed by atoms with Crippen LogP contribution in [-0.2, 0) is 19.1 Å². The van der Waals surface area contributed by atoms with Gasteiger partial charge in [-0.2, -0.15) is 31.4 Å². The quantitative estimate of drug-likeness (QED) is 0.460. The molecule has 2 N–H and O–H groups in total. The lowest BCUT2D eigenvalue weighted by atomic mass is 9.95. The lowest BCUT2D eigenvalue weighted by Crippen LogP contribution is -2.36. The van der Waals surface area contributed by atoms with Crippen LogP contribution in [0.25, 0.3) is 0 Å². The summed E-state index contributed by atoms with van der Waals surface area (Å²) in [6.07, 6.45) is -6.68. The fourth-order valence-corrected chi connectivity index (χ4v) is 3.91. The summed E-state index contributed by atoms with van der Waals surface area (Å²) in [7, 11) is 0. The largest absolute Gasteiger partial charge is 0.433 e. The summed E-state index contributed by atoms with van der Waals surface area (Å²) in [4.78, 5) is 16.1. The number of nitrogens with one attached hydrogen (secondary N) is 2. The molecule has 1 aliphatic rings.